The number of hydrogen-bond acceptors (Lipinski definition) is 1. The lowest BCUT2D eigenvalue weighted by Gasteiger charge is -2.15. The lowest BCUT2D eigenvalue weighted by molar-refractivity contribution is 1.04. The van der Waals surface area contributed by atoms with Crippen molar-refractivity contribution >= 4 is 5.69 Å². The second-order valence-electron chi connectivity index (χ2n) is 3.92. The zero-order valence-electron chi connectivity index (χ0n) is 10.4. The van der Waals surface area contributed by atoms with Crippen molar-refractivity contribution in [3.63, 3.8) is 0 Å². The van der Waals surface area contributed by atoms with Crippen LogP contribution in [-0.2, 0) is 12.8 Å². The first-order valence-corrected chi connectivity index (χ1v) is 5.93. The van der Waals surface area contributed by atoms with Crippen molar-refractivity contribution in [2.45, 2.75) is 47.0 Å². The van der Waals surface area contributed by atoms with E-state index in [9.17, 15) is 0 Å². The molecule has 1 radical (unpaired) electrons. The summed E-state index contributed by atoms with van der Waals surface area (Å²) in [5.41, 5.74) is 5.55. The molecule has 0 aliphatic carbocycles. The van der Waals surface area contributed by atoms with E-state index in [2.05, 4.69) is 51.7 Å². The van der Waals surface area contributed by atoms with Crippen LogP contribution in [0.4, 0.5) is 5.69 Å². The Hall–Kier alpha value is -0.980. The van der Waals surface area contributed by atoms with Crippen molar-refractivity contribution in [2.75, 3.05) is 5.32 Å². The summed E-state index contributed by atoms with van der Waals surface area (Å²) in [7, 11) is 0. The number of rotatable bonds is 5. The Bertz CT molecular complexity index is 290. The predicted octanol–water partition coefficient (Wildman–Crippen LogP) is 4.10. The van der Waals surface area contributed by atoms with Crippen molar-refractivity contribution in [1.29, 1.82) is 0 Å². The molecule has 0 saturated carbocycles. The smallest absolute Gasteiger partial charge is 0.0460 e. The summed E-state index contributed by atoms with van der Waals surface area (Å²) in [6.45, 7) is 10.9. The van der Waals surface area contributed by atoms with Gasteiger partial charge in [0, 0.05) is 12.2 Å². The molecular formula is C14H22N. The van der Waals surface area contributed by atoms with Crippen molar-refractivity contribution in [2.24, 2.45) is 0 Å². The lowest BCUT2D eigenvalue weighted by Crippen LogP contribution is -2.02. The SMILES string of the molecule is CC[CH]Nc1c(CC)cc(C)cc1CC. The van der Waals surface area contributed by atoms with Crippen LogP contribution in [0.25, 0.3) is 0 Å². The molecule has 15 heavy (non-hydrogen) atoms. The summed E-state index contributed by atoms with van der Waals surface area (Å²) in [5.74, 6) is 0. The van der Waals surface area contributed by atoms with Crippen LogP contribution in [0.1, 0.15) is 43.9 Å². The highest BCUT2D eigenvalue weighted by Gasteiger charge is 2.06. The van der Waals surface area contributed by atoms with Gasteiger partial charge in [0.25, 0.3) is 0 Å². The first-order valence-electron chi connectivity index (χ1n) is 5.93. The zero-order valence-corrected chi connectivity index (χ0v) is 10.4. The molecule has 1 rings (SSSR count). The van der Waals surface area contributed by atoms with E-state index in [-0.39, 0.29) is 0 Å². The van der Waals surface area contributed by atoms with Crippen LogP contribution in [0.15, 0.2) is 12.1 Å². The minimum absolute atomic E-state index is 1.06. The van der Waals surface area contributed by atoms with Crippen LogP contribution in [0.5, 0.6) is 0 Å². The predicted molar refractivity (Wildman–Crippen MR) is 68.1 cm³/mol. The van der Waals surface area contributed by atoms with E-state index in [1.54, 1.807) is 0 Å². The number of benzene rings is 1. The van der Waals surface area contributed by atoms with Crippen LogP contribution in [0, 0.1) is 13.5 Å². The number of aryl methyl sites for hydroxylation is 3. The quantitative estimate of drug-likeness (QED) is 0.761. The van der Waals surface area contributed by atoms with Crippen LogP contribution in [-0.4, -0.2) is 0 Å². The van der Waals surface area contributed by atoms with Gasteiger partial charge in [-0.1, -0.05) is 38.5 Å². The average molecular weight is 204 g/mol. The molecule has 1 nitrogen and oxygen atoms in total. The van der Waals surface area contributed by atoms with Crippen LogP contribution >= 0.6 is 0 Å². The monoisotopic (exact) mass is 204 g/mol. The van der Waals surface area contributed by atoms with Gasteiger partial charge in [0.15, 0.2) is 0 Å². The van der Waals surface area contributed by atoms with E-state index in [4.69, 9.17) is 0 Å². The standard InChI is InChI=1S/C14H22N/c1-5-8-15-14-12(6-2)9-11(4)10-13(14)7-3/h8-10,15H,5-7H2,1-4H3. The normalized spacial score (nSPS) is 10.4. The molecule has 0 fully saturated rings. The highest BCUT2D eigenvalue weighted by molar-refractivity contribution is 5.60. The van der Waals surface area contributed by atoms with Crippen molar-refractivity contribution in [3.8, 4) is 0 Å². The molecule has 0 heterocycles. The Morgan fingerprint density at radius 2 is 1.60 bits per heavy atom. The summed E-state index contributed by atoms with van der Waals surface area (Å²) in [5, 5.41) is 3.44. The van der Waals surface area contributed by atoms with Gasteiger partial charge in [-0.25, -0.2) is 0 Å². The Morgan fingerprint density at radius 1 is 1.07 bits per heavy atom. The molecule has 0 bridgehead atoms. The van der Waals surface area contributed by atoms with Gasteiger partial charge in [-0.2, -0.15) is 0 Å². The second-order valence-corrected chi connectivity index (χ2v) is 3.92. The third-order valence-corrected chi connectivity index (χ3v) is 2.66. The van der Waals surface area contributed by atoms with E-state index in [0.29, 0.717) is 0 Å². The average Bonchev–Trinajstić information content (AvgIpc) is 2.26. The molecule has 0 saturated heterocycles. The molecule has 1 N–H and O–H groups in total. The van der Waals surface area contributed by atoms with Crippen molar-refractivity contribution < 1.29 is 0 Å². The third kappa shape index (κ3) is 2.98. The minimum Gasteiger partial charge on any atom is -0.380 e. The van der Waals surface area contributed by atoms with E-state index in [1.807, 2.05) is 0 Å². The summed E-state index contributed by atoms with van der Waals surface area (Å²) in [4.78, 5) is 0. The van der Waals surface area contributed by atoms with E-state index in [0.717, 1.165) is 19.3 Å². The molecule has 1 aromatic rings. The highest BCUT2D eigenvalue weighted by Crippen LogP contribution is 2.25. The summed E-state index contributed by atoms with van der Waals surface area (Å²) in [6.07, 6.45) is 3.24. The van der Waals surface area contributed by atoms with Gasteiger partial charge in [-0.15, -0.1) is 0 Å². The molecule has 0 spiro atoms. The van der Waals surface area contributed by atoms with Gasteiger partial charge >= 0.3 is 0 Å². The lowest BCUT2D eigenvalue weighted by atomic mass is 9.99. The fourth-order valence-electron chi connectivity index (χ4n) is 1.89. The second kappa shape index (κ2) is 5.79. The van der Waals surface area contributed by atoms with Gasteiger partial charge in [0.2, 0.25) is 0 Å². The molecule has 83 valence electrons. The molecule has 0 amide bonds. The first kappa shape index (κ1) is 12.1. The largest absolute Gasteiger partial charge is 0.380 e. The summed E-state index contributed by atoms with van der Waals surface area (Å²) < 4.78 is 0. The molecule has 0 aromatic heterocycles. The van der Waals surface area contributed by atoms with Crippen LogP contribution in [0.2, 0.25) is 0 Å². The molecule has 0 atom stereocenters. The maximum Gasteiger partial charge on any atom is 0.0460 e. The van der Waals surface area contributed by atoms with Gasteiger partial charge < -0.3 is 5.32 Å². The molecule has 0 unspecified atom stereocenters. The summed E-state index contributed by atoms with van der Waals surface area (Å²) in [6, 6.07) is 4.57. The van der Waals surface area contributed by atoms with Crippen molar-refractivity contribution in [3.05, 3.63) is 35.4 Å². The van der Waals surface area contributed by atoms with Gasteiger partial charge in [-0.3, -0.25) is 0 Å². The van der Waals surface area contributed by atoms with E-state index < -0.39 is 0 Å². The Kier molecular flexibility index (Phi) is 4.67. The number of nitrogens with one attached hydrogen (secondary N) is 1. The van der Waals surface area contributed by atoms with Gasteiger partial charge in [0.1, 0.15) is 0 Å². The zero-order chi connectivity index (χ0) is 11.3. The third-order valence-electron chi connectivity index (χ3n) is 2.66. The summed E-state index contributed by atoms with van der Waals surface area (Å²) >= 11 is 0. The molecule has 1 aromatic carbocycles. The Labute approximate surface area is 93.9 Å². The van der Waals surface area contributed by atoms with E-state index >= 15 is 0 Å². The van der Waals surface area contributed by atoms with Crippen molar-refractivity contribution in [1.82, 2.24) is 0 Å². The Morgan fingerprint density at radius 3 is 2.00 bits per heavy atom. The fraction of sp³-hybridized carbons (Fsp3) is 0.500. The first-order chi connectivity index (χ1) is 7.22. The fourth-order valence-corrected chi connectivity index (χ4v) is 1.89. The molecular weight excluding hydrogens is 182 g/mol. The topological polar surface area (TPSA) is 12.0 Å². The highest BCUT2D eigenvalue weighted by atomic mass is 14.9. The van der Waals surface area contributed by atoms with Crippen LogP contribution < -0.4 is 5.32 Å². The van der Waals surface area contributed by atoms with Gasteiger partial charge in [-0.05, 0) is 37.3 Å². The van der Waals surface area contributed by atoms with E-state index in [1.165, 1.54) is 22.4 Å². The number of hydrogen-bond donors (Lipinski definition) is 1. The maximum atomic E-state index is 3.44. The molecule has 0 aliphatic heterocycles. The number of anilines is 1. The maximum absolute atomic E-state index is 3.44. The van der Waals surface area contributed by atoms with Gasteiger partial charge in [0.05, 0.1) is 0 Å². The Balaban J connectivity index is 3.06. The van der Waals surface area contributed by atoms with Crippen LogP contribution in [0.3, 0.4) is 0 Å². The molecule has 0 aliphatic rings. The molecule has 1 heteroatoms. The minimum atomic E-state index is 1.06.